The number of aromatic nitrogens is 4. The van der Waals surface area contributed by atoms with Crippen molar-refractivity contribution in [1.29, 1.82) is 0 Å². The molecule has 0 saturated carbocycles. The predicted molar refractivity (Wildman–Crippen MR) is 110 cm³/mol. The van der Waals surface area contributed by atoms with Crippen molar-refractivity contribution in [2.45, 2.75) is 33.2 Å². The molecule has 0 aliphatic heterocycles. The zero-order valence-electron chi connectivity index (χ0n) is 16.9. The molecule has 0 saturated heterocycles. The summed E-state index contributed by atoms with van der Waals surface area (Å²) in [5.41, 5.74) is 2.94. The van der Waals surface area contributed by atoms with Crippen LogP contribution < -0.4 is 10.9 Å². The van der Waals surface area contributed by atoms with Crippen LogP contribution in [0.4, 0.5) is 0 Å². The van der Waals surface area contributed by atoms with E-state index in [2.05, 4.69) is 15.6 Å². The summed E-state index contributed by atoms with van der Waals surface area (Å²) in [4.78, 5) is 25.7. The molecule has 0 spiro atoms. The Morgan fingerprint density at radius 3 is 2.72 bits per heavy atom. The minimum atomic E-state index is -0.558. The molecule has 8 heteroatoms. The van der Waals surface area contributed by atoms with Gasteiger partial charge in [0.1, 0.15) is 17.3 Å². The van der Waals surface area contributed by atoms with E-state index in [9.17, 15) is 9.59 Å². The first kappa shape index (κ1) is 18.9. The van der Waals surface area contributed by atoms with Gasteiger partial charge in [-0.15, -0.1) is 0 Å². The number of hydrogen-bond acceptors (Lipinski definition) is 5. The number of rotatable bonds is 5. The summed E-state index contributed by atoms with van der Waals surface area (Å²) in [7, 11) is 1.61. The molecule has 0 unspecified atom stereocenters. The second-order valence-electron chi connectivity index (χ2n) is 7.24. The molecule has 0 aliphatic rings. The largest absolute Gasteiger partial charge is 0.361 e. The first-order valence-electron chi connectivity index (χ1n) is 9.54. The molecule has 3 heterocycles. The lowest BCUT2D eigenvalue weighted by Gasteiger charge is -2.16. The molecular formula is C21H23N5O3. The van der Waals surface area contributed by atoms with E-state index in [1.807, 2.05) is 38.1 Å². The number of amides is 1. The first-order chi connectivity index (χ1) is 13.9. The van der Waals surface area contributed by atoms with Gasteiger partial charge in [0.25, 0.3) is 5.56 Å². The normalized spacial score (nSPS) is 12.6. The van der Waals surface area contributed by atoms with Gasteiger partial charge in [-0.2, -0.15) is 5.10 Å². The smallest absolute Gasteiger partial charge is 0.291 e. The van der Waals surface area contributed by atoms with Crippen LogP contribution in [0.2, 0.25) is 0 Å². The summed E-state index contributed by atoms with van der Waals surface area (Å²) in [6, 6.07) is 7.12. The number of benzene rings is 1. The molecule has 1 atom stereocenters. The van der Waals surface area contributed by atoms with E-state index in [0.717, 1.165) is 33.3 Å². The minimum Gasteiger partial charge on any atom is -0.361 e. The van der Waals surface area contributed by atoms with Crippen LogP contribution >= 0.6 is 0 Å². The number of aryl methyl sites for hydroxylation is 3. The molecule has 4 rings (SSSR count). The van der Waals surface area contributed by atoms with Gasteiger partial charge >= 0.3 is 0 Å². The highest BCUT2D eigenvalue weighted by Crippen LogP contribution is 2.29. The SMILES string of the molecule is Cc1noc(C)c1CCNC(=O)[C@@H](C)n1c2ccccc2c2cnn(C)c(=O)c21. The van der Waals surface area contributed by atoms with Gasteiger partial charge in [-0.3, -0.25) is 9.59 Å². The molecule has 0 fully saturated rings. The number of carbonyl (C=O) groups excluding carboxylic acids is 1. The van der Waals surface area contributed by atoms with Crippen molar-refractivity contribution in [3.8, 4) is 0 Å². The van der Waals surface area contributed by atoms with E-state index in [1.165, 1.54) is 4.68 Å². The van der Waals surface area contributed by atoms with Gasteiger partial charge < -0.3 is 14.4 Å². The van der Waals surface area contributed by atoms with Crippen molar-refractivity contribution in [3.05, 3.63) is 57.8 Å². The average Bonchev–Trinajstić information content (AvgIpc) is 3.22. The minimum absolute atomic E-state index is 0.154. The zero-order valence-corrected chi connectivity index (χ0v) is 16.9. The molecule has 0 bridgehead atoms. The third-order valence-electron chi connectivity index (χ3n) is 5.43. The lowest BCUT2D eigenvalue weighted by Crippen LogP contribution is -2.33. The first-order valence-corrected chi connectivity index (χ1v) is 9.54. The van der Waals surface area contributed by atoms with Gasteiger partial charge in [-0.25, -0.2) is 4.68 Å². The van der Waals surface area contributed by atoms with Crippen LogP contribution in [-0.2, 0) is 18.3 Å². The average molecular weight is 393 g/mol. The molecule has 1 amide bonds. The fourth-order valence-electron chi connectivity index (χ4n) is 3.82. The zero-order chi connectivity index (χ0) is 20.7. The molecule has 0 radical (unpaired) electrons. The Balaban J connectivity index is 1.67. The van der Waals surface area contributed by atoms with Gasteiger partial charge in [0.2, 0.25) is 5.91 Å². The van der Waals surface area contributed by atoms with Crippen LogP contribution in [0.15, 0.2) is 39.8 Å². The van der Waals surface area contributed by atoms with Gasteiger partial charge in [0.15, 0.2) is 0 Å². The topological polar surface area (TPSA) is 94.9 Å². The van der Waals surface area contributed by atoms with Crippen molar-refractivity contribution in [3.63, 3.8) is 0 Å². The highest BCUT2D eigenvalue weighted by Gasteiger charge is 2.23. The summed E-state index contributed by atoms with van der Waals surface area (Å²) >= 11 is 0. The van der Waals surface area contributed by atoms with Crippen molar-refractivity contribution in [1.82, 2.24) is 24.8 Å². The van der Waals surface area contributed by atoms with Crippen LogP contribution in [-0.4, -0.2) is 32.0 Å². The summed E-state index contributed by atoms with van der Waals surface area (Å²) in [5.74, 6) is 0.612. The van der Waals surface area contributed by atoms with Crippen LogP contribution in [0.25, 0.3) is 21.8 Å². The molecule has 1 N–H and O–H groups in total. The summed E-state index contributed by atoms with van der Waals surface area (Å²) in [5, 5.41) is 12.7. The number of fused-ring (bicyclic) bond motifs is 3. The molecule has 4 aromatic rings. The number of para-hydroxylation sites is 1. The number of hydrogen-bond donors (Lipinski definition) is 1. The van der Waals surface area contributed by atoms with E-state index in [4.69, 9.17) is 4.52 Å². The van der Waals surface area contributed by atoms with Gasteiger partial charge in [-0.05, 0) is 33.3 Å². The van der Waals surface area contributed by atoms with E-state index in [1.54, 1.807) is 24.7 Å². The van der Waals surface area contributed by atoms with E-state index < -0.39 is 6.04 Å². The van der Waals surface area contributed by atoms with Crippen molar-refractivity contribution >= 4 is 27.7 Å². The maximum Gasteiger partial charge on any atom is 0.291 e. The summed E-state index contributed by atoms with van der Waals surface area (Å²) in [6.07, 6.45) is 2.32. The van der Waals surface area contributed by atoms with Crippen LogP contribution in [0, 0.1) is 13.8 Å². The third-order valence-corrected chi connectivity index (χ3v) is 5.43. The van der Waals surface area contributed by atoms with Crippen LogP contribution in [0.3, 0.4) is 0 Å². The molecular weight excluding hydrogens is 370 g/mol. The number of carbonyl (C=O) groups is 1. The third kappa shape index (κ3) is 3.10. The number of nitrogens with one attached hydrogen (secondary N) is 1. The maximum atomic E-state index is 12.9. The maximum absolute atomic E-state index is 12.9. The quantitative estimate of drug-likeness (QED) is 0.562. The fourth-order valence-corrected chi connectivity index (χ4v) is 3.82. The van der Waals surface area contributed by atoms with Crippen LogP contribution in [0.1, 0.15) is 30.0 Å². The molecule has 150 valence electrons. The van der Waals surface area contributed by atoms with E-state index >= 15 is 0 Å². The monoisotopic (exact) mass is 393 g/mol. The molecule has 1 aromatic carbocycles. The van der Waals surface area contributed by atoms with E-state index in [-0.39, 0.29) is 11.5 Å². The van der Waals surface area contributed by atoms with Gasteiger partial charge in [-0.1, -0.05) is 23.4 Å². The number of nitrogens with zero attached hydrogens (tertiary/aromatic N) is 4. The molecule has 3 aromatic heterocycles. The van der Waals surface area contributed by atoms with Crippen molar-refractivity contribution < 1.29 is 9.32 Å². The van der Waals surface area contributed by atoms with Gasteiger partial charge in [0.05, 0.1) is 17.4 Å². The lowest BCUT2D eigenvalue weighted by molar-refractivity contribution is -0.123. The molecule has 29 heavy (non-hydrogen) atoms. The highest BCUT2D eigenvalue weighted by atomic mass is 16.5. The lowest BCUT2D eigenvalue weighted by atomic mass is 10.1. The van der Waals surface area contributed by atoms with E-state index in [0.29, 0.717) is 18.5 Å². The van der Waals surface area contributed by atoms with Crippen LogP contribution in [0.5, 0.6) is 0 Å². The Labute approximate surface area is 167 Å². The Hall–Kier alpha value is -3.42. The Kier molecular flexibility index (Phi) is 4.70. The molecule has 0 aliphatic carbocycles. The fraction of sp³-hybridized carbons (Fsp3) is 0.333. The van der Waals surface area contributed by atoms with Crippen molar-refractivity contribution in [2.24, 2.45) is 7.05 Å². The second kappa shape index (κ2) is 7.20. The van der Waals surface area contributed by atoms with Gasteiger partial charge in [0, 0.05) is 29.9 Å². The second-order valence-corrected chi connectivity index (χ2v) is 7.24. The predicted octanol–water partition coefficient (Wildman–Crippen LogP) is 2.41. The summed E-state index contributed by atoms with van der Waals surface area (Å²) < 4.78 is 8.27. The Bertz CT molecular complexity index is 1260. The highest BCUT2D eigenvalue weighted by molar-refractivity contribution is 6.08. The Morgan fingerprint density at radius 2 is 2.00 bits per heavy atom. The van der Waals surface area contributed by atoms with Crippen molar-refractivity contribution in [2.75, 3.05) is 6.54 Å². The molecule has 8 nitrogen and oxygen atoms in total. The Morgan fingerprint density at radius 1 is 1.24 bits per heavy atom. The summed E-state index contributed by atoms with van der Waals surface area (Å²) in [6.45, 7) is 6.01. The standard InChI is InChI=1S/C21H23N5O3/c1-12-15(14(3)29-24-12)9-10-22-20(27)13(2)26-18-8-6-5-7-16(18)17-11-23-25(4)21(28)19(17)26/h5-8,11,13H,9-10H2,1-4H3,(H,22,27)/t13-/m1/s1.